The highest BCUT2D eigenvalue weighted by molar-refractivity contribution is 6.31. The number of benzene rings is 2. The van der Waals surface area contributed by atoms with Gasteiger partial charge in [0.25, 0.3) is 0 Å². The van der Waals surface area contributed by atoms with Gasteiger partial charge in [-0.15, -0.1) is 0 Å². The molecular formula is C30H42N2O2. The van der Waals surface area contributed by atoms with Gasteiger partial charge in [0.05, 0.1) is 5.57 Å². The highest BCUT2D eigenvalue weighted by Crippen LogP contribution is 2.43. The zero-order chi connectivity index (χ0) is 24.5. The molecule has 1 N–H and O–H groups in total. The van der Waals surface area contributed by atoms with E-state index in [0.29, 0.717) is 5.57 Å². The van der Waals surface area contributed by atoms with Crippen molar-refractivity contribution < 1.29 is 9.90 Å². The van der Waals surface area contributed by atoms with Crippen LogP contribution in [0.1, 0.15) is 82.3 Å². The molecular weight excluding hydrogens is 420 g/mol. The van der Waals surface area contributed by atoms with E-state index in [9.17, 15) is 9.90 Å². The van der Waals surface area contributed by atoms with Gasteiger partial charge in [0.15, 0.2) is 5.78 Å². The molecule has 1 unspecified atom stereocenters. The van der Waals surface area contributed by atoms with Crippen molar-refractivity contribution in [3.05, 3.63) is 65.4 Å². The molecule has 2 aromatic rings. The van der Waals surface area contributed by atoms with Crippen molar-refractivity contribution in [2.24, 2.45) is 0 Å². The van der Waals surface area contributed by atoms with Gasteiger partial charge in [-0.2, -0.15) is 0 Å². The molecule has 1 aliphatic rings. The maximum atomic E-state index is 13.0. The van der Waals surface area contributed by atoms with Gasteiger partial charge in [-0.25, -0.2) is 0 Å². The van der Waals surface area contributed by atoms with Crippen LogP contribution in [0.25, 0.3) is 5.57 Å². The maximum absolute atomic E-state index is 13.0. The summed E-state index contributed by atoms with van der Waals surface area (Å²) in [6.45, 7) is 6.51. The van der Waals surface area contributed by atoms with Crippen molar-refractivity contribution >= 4 is 22.7 Å². The standard InChI is InChI=1S/C30H42N2O2/c1-5-7-9-11-21-31(3)25-17-13-23(14-18-25)27-29(33)28(30(27)34)24-15-19-26(20-16-24)32(4)22-12-10-8-6-2/h13-20,27,33H,5-12,21-22H2,1-4H3. The lowest BCUT2D eigenvalue weighted by molar-refractivity contribution is -0.116. The van der Waals surface area contributed by atoms with Crippen molar-refractivity contribution in [2.45, 2.75) is 71.1 Å². The average molecular weight is 463 g/mol. The Morgan fingerprint density at radius 3 is 1.62 bits per heavy atom. The Morgan fingerprint density at radius 1 is 0.706 bits per heavy atom. The first kappa shape index (κ1) is 25.9. The van der Waals surface area contributed by atoms with Gasteiger partial charge in [0, 0.05) is 38.6 Å². The predicted octanol–water partition coefficient (Wildman–Crippen LogP) is 7.36. The minimum absolute atomic E-state index is 0.00107. The number of aliphatic hydroxyl groups excluding tert-OH is 1. The molecule has 0 bridgehead atoms. The van der Waals surface area contributed by atoms with Crippen molar-refractivity contribution in [3.63, 3.8) is 0 Å². The van der Waals surface area contributed by atoms with Crippen LogP contribution in [0.2, 0.25) is 0 Å². The van der Waals surface area contributed by atoms with Crippen LogP contribution in [0, 0.1) is 0 Å². The van der Waals surface area contributed by atoms with Crippen LogP contribution in [0.4, 0.5) is 11.4 Å². The van der Waals surface area contributed by atoms with E-state index >= 15 is 0 Å². The molecule has 34 heavy (non-hydrogen) atoms. The number of nitrogens with zero attached hydrogens (tertiary/aromatic N) is 2. The van der Waals surface area contributed by atoms with E-state index in [1.165, 1.54) is 51.4 Å². The molecule has 0 saturated heterocycles. The lowest BCUT2D eigenvalue weighted by atomic mass is 9.75. The summed E-state index contributed by atoms with van der Waals surface area (Å²) in [5.41, 5.74) is 4.39. The number of rotatable bonds is 14. The first-order valence-corrected chi connectivity index (χ1v) is 13.1. The molecule has 0 fully saturated rings. The van der Waals surface area contributed by atoms with Crippen molar-refractivity contribution in [1.29, 1.82) is 0 Å². The van der Waals surface area contributed by atoms with E-state index in [4.69, 9.17) is 0 Å². The van der Waals surface area contributed by atoms with E-state index in [1.54, 1.807) is 0 Å². The van der Waals surface area contributed by atoms with Gasteiger partial charge in [-0.05, 0) is 48.2 Å². The molecule has 184 valence electrons. The summed E-state index contributed by atoms with van der Waals surface area (Å²) >= 11 is 0. The molecule has 0 heterocycles. The van der Waals surface area contributed by atoms with Crippen molar-refractivity contribution in [2.75, 3.05) is 37.0 Å². The summed E-state index contributed by atoms with van der Waals surface area (Å²) in [7, 11) is 4.21. The zero-order valence-electron chi connectivity index (χ0n) is 21.5. The number of carbonyl (C=O) groups excluding carboxylic acids is 1. The fraction of sp³-hybridized carbons (Fsp3) is 0.500. The molecule has 4 nitrogen and oxygen atoms in total. The summed E-state index contributed by atoms with van der Waals surface area (Å²) < 4.78 is 0. The van der Waals surface area contributed by atoms with Crippen LogP contribution >= 0.6 is 0 Å². The fourth-order valence-electron chi connectivity index (χ4n) is 4.67. The summed E-state index contributed by atoms with van der Waals surface area (Å²) in [4.78, 5) is 17.5. The Labute approximate surface area is 206 Å². The summed E-state index contributed by atoms with van der Waals surface area (Å²) in [6.07, 6.45) is 9.93. The molecule has 0 radical (unpaired) electrons. The Kier molecular flexibility index (Phi) is 9.62. The van der Waals surface area contributed by atoms with E-state index < -0.39 is 5.92 Å². The molecule has 1 atom stereocenters. The van der Waals surface area contributed by atoms with E-state index in [-0.39, 0.29) is 11.5 Å². The lowest BCUT2D eigenvalue weighted by Gasteiger charge is -2.29. The quantitative estimate of drug-likeness (QED) is 0.298. The van der Waals surface area contributed by atoms with Gasteiger partial charge in [0.1, 0.15) is 11.7 Å². The van der Waals surface area contributed by atoms with E-state index in [1.807, 2.05) is 36.4 Å². The molecule has 1 aliphatic carbocycles. The summed E-state index contributed by atoms with van der Waals surface area (Å²) in [6, 6.07) is 16.1. The first-order chi connectivity index (χ1) is 16.5. The number of anilines is 2. The second-order valence-electron chi connectivity index (χ2n) is 9.66. The number of hydrogen-bond donors (Lipinski definition) is 1. The van der Waals surface area contributed by atoms with Crippen LogP contribution in [0.5, 0.6) is 0 Å². The van der Waals surface area contributed by atoms with Crippen LogP contribution in [0.3, 0.4) is 0 Å². The zero-order valence-corrected chi connectivity index (χ0v) is 21.5. The Morgan fingerprint density at radius 2 is 1.18 bits per heavy atom. The van der Waals surface area contributed by atoms with Crippen LogP contribution in [0.15, 0.2) is 54.3 Å². The van der Waals surface area contributed by atoms with Crippen molar-refractivity contribution in [1.82, 2.24) is 0 Å². The third-order valence-electron chi connectivity index (χ3n) is 7.00. The second kappa shape index (κ2) is 12.6. The predicted molar refractivity (Wildman–Crippen MR) is 145 cm³/mol. The van der Waals surface area contributed by atoms with E-state index in [2.05, 4.69) is 49.9 Å². The molecule has 0 spiro atoms. The Hall–Kier alpha value is -2.75. The topological polar surface area (TPSA) is 43.8 Å². The van der Waals surface area contributed by atoms with Crippen molar-refractivity contribution in [3.8, 4) is 0 Å². The number of ketones is 1. The van der Waals surface area contributed by atoms with Gasteiger partial charge in [0.2, 0.25) is 0 Å². The molecule has 0 aromatic heterocycles. The third-order valence-corrected chi connectivity index (χ3v) is 7.00. The Balaban J connectivity index is 1.61. The molecule has 2 aromatic carbocycles. The number of aliphatic hydroxyl groups is 1. The van der Waals surface area contributed by atoms with Gasteiger partial charge >= 0.3 is 0 Å². The summed E-state index contributed by atoms with van der Waals surface area (Å²) in [5.74, 6) is -0.356. The van der Waals surface area contributed by atoms with Gasteiger partial charge in [-0.1, -0.05) is 76.6 Å². The lowest BCUT2D eigenvalue weighted by Crippen LogP contribution is -2.28. The number of carbonyl (C=O) groups is 1. The molecule has 0 aliphatic heterocycles. The van der Waals surface area contributed by atoms with Gasteiger partial charge < -0.3 is 14.9 Å². The summed E-state index contributed by atoms with van der Waals surface area (Å²) in [5, 5.41) is 10.8. The first-order valence-electron chi connectivity index (χ1n) is 13.1. The highest BCUT2D eigenvalue weighted by atomic mass is 16.3. The Bertz CT molecular complexity index is 947. The minimum Gasteiger partial charge on any atom is -0.510 e. The fourth-order valence-corrected chi connectivity index (χ4v) is 4.67. The highest BCUT2D eigenvalue weighted by Gasteiger charge is 2.41. The number of allylic oxidation sites excluding steroid dienone is 2. The van der Waals surface area contributed by atoms with Crippen LogP contribution in [-0.4, -0.2) is 38.1 Å². The second-order valence-corrected chi connectivity index (χ2v) is 9.66. The SMILES string of the molecule is CCCCCCN(C)c1ccc(C2=C(O)C(c3ccc(N(C)CCCCCC)cc3)C2=O)cc1. The smallest absolute Gasteiger partial charge is 0.181 e. The third kappa shape index (κ3) is 6.22. The number of hydrogen-bond acceptors (Lipinski definition) is 4. The maximum Gasteiger partial charge on any atom is 0.181 e. The van der Waals surface area contributed by atoms with Crippen LogP contribution < -0.4 is 9.80 Å². The average Bonchev–Trinajstić information content (AvgIpc) is 2.85. The largest absolute Gasteiger partial charge is 0.510 e. The monoisotopic (exact) mass is 462 g/mol. The normalized spacial score (nSPS) is 15.4. The molecule has 4 heteroatoms. The minimum atomic E-state index is -0.542. The molecule has 3 rings (SSSR count). The molecule has 0 amide bonds. The van der Waals surface area contributed by atoms with Crippen LogP contribution in [-0.2, 0) is 4.79 Å². The number of Topliss-reactive ketones (excluding diaryl/α,β-unsaturated/α-hetero) is 1. The number of unbranched alkanes of at least 4 members (excludes halogenated alkanes) is 6. The van der Waals surface area contributed by atoms with E-state index in [0.717, 1.165) is 35.6 Å². The molecule has 0 saturated carbocycles. The van der Waals surface area contributed by atoms with Gasteiger partial charge in [-0.3, -0.25) is 4.79 Å².